The Labute approximate surface area is 159 Å². The van der Waals surface area contributed by atoms with Crippen LogP contribution in [0.3, 0.4) is 0 Å². The first-order chi connectivity index (χ1) is 12.0. The normalized spacial score (nSPS) is 28.6. The molecule has 0 radical (unpaired) electrons. The third-order valence-corrected chi connectivity index (χ3v) is 9.39. The SMILES string of the molecule is COCO[C@H]1/C=C\CC(O[Si](C)(C)C(C)(C)C)/C=C/C[C@@H](C)OC(=O)C1. The number of ether oxygens (including phenoxy) is 3. The Balaban J connectivity index is 2.91. The van der Waals surface area contributed by atoms with Gasteiger partial charge in [-0.1, -0.05) is 45.1 Å². The Morgan fingerprint density at radius 1 is 1.15 bits per heavy atom. The van der Waals surface area contributed by atoms with Gasteiger partial charge in [0.2, 0.25) is 0 Å². The first-order valence-corrected chi connectivity index (χ1v) is 12.3. The monoisotopic (exact) mass is 384 g/mol. The molecule has 0 amide bonds. The lowest BCUT2D eigenvalue weighted by molar-refractivity contribution is -0.152. The average molecular weight is 385 g/mol. The number of carbonyl (C=O) groups excluding carboxylic acids is 1. The van der Waals surface area contributed by atoms with Crippen LogP contribution < -0.4 is 0 Å². The van der Waals surface area contributed by atoms with Crippen molar-refractivity contribution in [3.8, 4) is 0 Å². The number of esters is 1. The van der Waals surface area contributed by atoms with Gasteiger partial charge in [-0.2, -0.15) is 0 Å². The minimum absolute atomic E-state index is 0.0116. The summed E-state index contributed by atoms with van der Waals surface area (Å²) in [5, 5.41) is 0.154. The maximum Gasteiger partial charge on any atom is 0.309 e. The van der Waals surface area contributed by atoms with Crippen molar-refractivity contribution in [2.45, 2.75) is 83.4 Å². The Bertz CT molecular complexity index is 493. The van der Waals surface area contributed by atoms with Crippen molar-refractivity contribution >= 4 is 14.3 Å². The zero-order chi connectivity index (χ0) is 19.8. The van der Waals surface area contributed by atoms with E-state index in [0.29, 0.717) is 6.42 Å². The van der Waals surface area contributed by atoms with Crippen molar-refractivity contribution in [1.82, 2.24) is 0 Å². The van der Waals surface area contributed by atoms with E-state index in [2.05, 4.69) is 46.0 Å². The highest BCUT2D eigenvalue weighted by Crippen LogP contribution is 2.37. The summed E-state index contributed by atoms with van der Waals surface area (Å²) in [4.78, 5) is 12.0. The van der Waals surface area contributed by atoms with E-state index in [1.807, 2.05) is 19.1 Å². The third-order valence-electron chi connectivity index (χ3n) is 4.89. The highest BCUT2D eigenvalue weighted by atomic mass is 28.4. The summed E-state index contributed by atoms with van der Waals surface area (Å²) in [6.07, 6.45) is 9.19. The fourth-order valence-electron chi connectivity index (χ4n) is 2.33. The molecule has 150 valence electrons. The van der Waals surface area contributed by atoms with Gasteiger partial charge in [-0.05, 0) is 31.5 Å². The van der Waals surface area contributed by atoms with E-state index in [-0.39, 0.29) is 42.5 Å². The molecule has 26 heavy (non-hydrogen) atoms. The predicted octanol–water partition coefficient (Wildman–Crippen LogP) is 4.59. The Morgan fingerprint density at radius 2 is 1.77 bits per heavy atom. The summed E-state index contributed by atoms with van der Waals surface area (Å²) >= 11 is 0. The first-order valence-electron chi connectivity index (χ1n) is 9.36. The van der Waals surface area contributed by atoms with Gasteiger partial charge in [0.25, 0.3) is 0 Å². The van der Waals surface area contributed by atoms with Crippen LogP contribution in [0, 0.1) is 0 Å². The molecule has 5 nitrogen and oxygen atoms in total. The lowest BCUT2D eigenvalue weighted by Crippen LogP contribution is -2.43. The first kappa shape index (κ1) is 23.1. The van der Waals surface area contributed by atoms with E-state index >= 15 is 0 Å². The van der Waals surface area contributed by atoms with Gasteiger partial charge >= 0.3 is 5.97 Å². The van der Waals surface area contributed by atoms with Gasteiger partial charge in [0.05, 0.1) is 18.6 Å². The molecule has 0 aliphatic carbocycles. The summed E-state index contributed by atoms with van der Waals surface area (Å²) in [7, 11) is -0.308. The molecule has 1 unspecified atom stereocenters. The molecule has 6 heteroatoms. The zero-order valence-electron chi connectivity index (χ0n) is 17.4. The molecule has 0 bridgehead atoms. The largest absolute Gasteiger partial charge is 0.462 e. The number of cyclic esters (lactones) is 1. The Kier molecular flexibility index (Phi) is 9.23. The van der Waals surface area contributed by atoms with Crippen LogP contribution in [0.2, 0.25) is 18.1 Å². The Morgan fingerprint density at radius 3 is 2.38 bits per heavy atom. The molecule has 0 spiro atoms. The summed E-state index contributed by atoms with van der Waals surface area (Å²) in [6.45, 7) is 13.3. The zero-order valence-corrected chi connectivity index (χ0v) is 18.4. The molecule has 0 N–H and O–H groups in total. The minimum atomic E-state index is -1.87. The van der Waals surface area contributed by atoms with E-state index < -0.39 is 8.32 Å². The fraction of sp³-hybridized carbons (Fsp3) is 0.750. The minimum Gasteiger partial charge on any atom is -0.462 e. The number of hydrogen-bond donors (Lipinski definition) is 0. The van der Waals surface area contributed by atoms with Crippen LogP contribution >= 0.6 is 0 Å². The van der Waals surface area contributed by atoms with Crippen molar-refractivity contribution in [2.24, 2.45) is 0 Å². The van der Waals surface area contributed by atoms with Crippen LogP contribution in [0.25, 0.3) is 0 Å². The molecular formula is C20H36O5Si. The number of carbonyl (C=O) groups is 1. The van der Waals surface area contributed by atoms with Crippen molar-refractivity contribution < 1.29 is 23.4 Å². The molecule has 0 fully saturated rings. The molecule has 1 heterocycles. The van der Waals surface area contributed by atoms with Gasteiger partial charge in [0.15, 0.2) is 8.32 Å². The fourth-order valence-corrected chi connectivity index (χ4v) is 3.62. The maximum atomic E-state index is 12.0. The van der Waals surface area contributed by atoms with E-state index in [1.165, 1.54) is 0 Å². The van der Waals surface area contributed by atoms with Crippen molar-refractivity contribution in [3.63, 3.8) is 0 Å². The number of methoxy groups -OCH3 is 1. The van der Waals surface area contributed by atoms with Gasteiger partial charge in [-0.25, -0.2) is 0 Å². The standard InChI is InChI=1S/C20H36O5Si/c1-16-10-8-11-17(25-26(6,7)20(2,3)4)12-9-13-18(23-15-22-5)14-19(21)24-16/h8-9,11,13,16-18H,10,12,14-15H2,1-7H3/b11-8+,13-9-/t16-,17?,18+/m1/s1. The molecule has 3 atom stereocenters. The molecule has 1 aliphatic rings. The highest BCUT2D eigenvalue weighted by molar-refractivity contribution is 6.74. The van der Waals surface area contributed by atoms with Gasteiger partial charge in [0.1, 0.15) is 12.9 Å². The van der Waals surface area contributed by atoms with Crippen LogP contribution in [0.15, 0.2) is 24.3 Å². The molecule has 1 rings (SSSR count). The number of rotatable bonds is 5. The van der Waals surface area contributed by atoms with Gasteiger partial charge < -0.3 is 18.6 Å². The maximum absolute atomic E-state index is 12.0. The van der Waals surface area contributed by atoms with Crippen LogP contribution in [0.1, 0.15) is 47.0 Å². The number of hydrogen-bond acceptors (Lipinski definition) is 5. The average Bonchev–Trinajstić information content (AvgIpc) is 2.49. The lowest BCUT2D eigenvalue weighted by atomic mass is 10.1. The smallest absolute Gasteiger partial charge is 0.309 e. The van der Waals surface area contributed by atoms with Crippen molar-refractivity contribution in [3.05, 3.63) is 24.3 Å². The van der Waals surface area contributed by atoms with E-state index in [4.69, 9.17) is 18.6 Å². The van der Waals surface area contributed by atoms with E-state index in [1.54, 1.807) is 7.11 Å². The second kappa shape index (κ2) is 10.4. The van der Waals surface area contributed by atoms with Gasteiger partial charge in [-0.3, -0.25) is 4.79 Å². The lowest BCUT2D eigenvalue weighted by Gasteiger charge is -2.38. The molecule has 0 aromatic heterocycles. The molecule has 0 saturated heterocycles. The molecule has 0 saturated carbocycles. The van der Waals surface area contributed by atoms with Crippen LogP contribution in [-0.2, 0) is 23.4 Å². The second-order valence-electron chi connectivity index (χ2n) is 8.36. The van der Waals surface area contributed by atoms with Gasteiger partial charge in [0, 0.05) is 13.5 Å². The summed E-state index contributed by atoms with van der Waals surface area (Å²) < 4.78 is 22.5. The van der Waals surface area contributed by atoms with Crippen LogP contribution in [-0.4, -0.2) is 46.5 Å². The summed E-state index contributed by atoms with van der Waals surface area (Å²) in [5.41, 5.74) is 0. The molecule has 0 aromatic carbocycles. The topological polar surface area (TPSA) is 54.0 Å². The van der Waals surface area contributed by atoms with Crippen LogP contribution in [0.4, 0.5) is 0 Å². The molecule has 1 aliphatic heterocycles. The molecule has 0 aromatic rings. The predicted molar refractivity (Wildman–Crippen MR) is 107 cm³/mol. The summed E-state index contributed by atoms with van der Waals surface area (Å²) in [5.74, 6) is -0.258. The van der Waals surface area contributed by atoms with Crippen LogP contribution in [0.5, 0.6) is 0 Å². The van der Waals surface area contributed by atoms with Crippen molar-refractivity contribution in [1.29, 1.82) is 0 Å². The van der Waals surface area contributed by atoms with Gasteiger partial charge in [-0.15, -0.1) is 0 Å². The quantitative estimate of drug-likeness (QED) is 0.300. The highest BCUT2D eigenvalue weighted by Gasteiger charge is 2.38. The van der Waals surface area contributed by atoms with E-state index in [9.17, 15) is 4.79 Å². The summed E-state index contributed by atoms with van der Waals surface area (Å²) in [6, 6.07) is 0. The third kappa shape index (κ3) is 8.16. The Hall–Kier alpha value is -0.953. The van der Waals surface area contributed by atoms with Crippen molar-refractivity contribution in [2.75, 3.05) is 13.9 Å². The second-order valence-corrected chi connectivity index (χ2v) is 13.1. The molecular weight excluding hydrogens is 348 g/mol. The van der Waals surface area contributed by atoms with E-state index in [0.717, 1.165) is 6.42 Å².